The van der Waals surface area contributed by atoms with E-state index in [4.69, 9.17) is 16.7 Å². The summed E-state index contributed by atoms with van der Waals surface area (Å²) in [6.45, 7) is 0. The van der Waals surface area contributed by atoms with E-state index in [0.717, 1.165) is 12.8 Å². The first-order chi connectivity index (χ1) is 9.09. The third kappa shape index (κ3) is 3.23. The van der Waals surface area contributed by atoms with E-state index in [2.05, 4.69) is 10.3 Å². The highest BCUT2D eigenvalue weighted by molar-refractivity contribution is 6.33. The molecule has 0 saturated heterocycles. The molecule has 0 aliphatic heterocycles. The van der Waals surface area contributed by atoms with Crippen molar-refractivity contribution in [2.45, 2.75) is 25.7 Å². The van der Waals surface area contributed by atoms with Crippen molar-refractivity contribution in [3.63, 3.8) is 0 Å². The molecule has 1 aromatic rings. The predicted octanol–water partition coefficient (Wildman–Crippen LogP) is 2.56. The summed E-state index contributed by atoms with van der Waals surface area (Å²) in [4.78, 5) is 27.2. The van der Waals surface area contributed by atoms with Crippen LogP contribution in [0.1, 0.15) is 25.7 Å². The van der Waals surface area contributed by atoms with Crippen molar-refractivity contribution < 1.29 is 14.7 Å². The van der Waals surface area contributed by atoms with Crippen LogP contribution in [0.5, 0.6) is 0 Å². The summed E-state index contributed by atoms with van der Waals surface area (Å²) in [5, 5.41) is 12.2. The lowest BCUT2D eigenvalue weighted by atomic mass is 9.78. The summed E-state index contributed by atoms with van der Waals surface area (Å²) in [6.07, 6.45) is 5.86. The van der Waals surface area contributed by atoms with Gasteiger partial charge in [-0.15, -0.1) is 0 Å². The number of hydrogen-bond acceptors (Lipinski definition) is 3. The zero-order chi connectivity index (χ0) is 13.8. The zero-order valence-electron chi connectivity index (χ0n) is 10.3. The molecule has 5 nitrogen and oxygen atoms in total. The average molecular weight is 283 g/mol. The smallest absolute Gasteiger partial charge is 0.307 e. The Morgan fingerprint density at radius 1 is 1.32 bits per heavy atom. The van der Waals surface area contributed by atoms with Gasteiger partial charge in [0.15, 0.2) is 0 Å². The molecule has 1 amide bonds. The van der Waals surface area contributed by atoms with Crippen LogP contribution in [0.2, 0.25) is 5.02 Å². The van der Waals surface area contributed by atoms with Crippen LogP contribution in [-0.4, -0.2) is 22.0 Å². The molecule has 19 heavy (non-hydrogen) atoms. The molecular formula is C13H15ClN2O3. The minimum Gasteiger partial charge on any atom is -0.481 e. The maximum absolute atomic E-state index is 12.2. The first kappa shape index (κ1) is 13.8. The topological polar surface area (TPSA) is 79.3 Å². The molecule has 0 radical (unpaired) electrons. The zero-order valence-corrected chi connectivity index (χ0v) is 11.1. The van der Waals surface area contributed by atoms with Gasteiger partial charge in [-0.25, -0.2) is 0 Å². The van der Waals surface area contributed by atoms with Gasteiger partial charge in [-0.05, 0) is 18.9 Å². The van der Waals surface area contributed by atoms with E-state index >= 15 is 0 Å². The van der Waals surface area contributed by atoms with Gasteiger partial charge >= 0.3 is 5.97 Å². The van der Waals surface area contributed by atoms with E-state index in [1.54, 1.807) is 6.07 Å². The van der Waals surface area contributed by atoms with Gasteiger partial charge in [-0.1, -0.05) is 24.4 Å². The van der Waals surface area contributed by atoms with Crippen LogP contribution in [0.3, 0.4) is 0 Å². The maximum Gasteiger partial charge on any atom is 0.307 e. The van der Waals surface area contributed by atoms with E-state index < -0.39 is 17.8 Å². The molecule has 0 bridgehead atoms. The first-order valence-corrected chi connectivity index (χ1v) is 6.60. The second-order valence-electron chi connectivity index (χ2n) is 4.68. The average Bonchev–Trinajstić information content (AvgIpc) is 2.41. The Bertz CT molecular complexity index is 493. The highest BCUT2D eigenvalue weighted by Gasteiger charge is 2.35. The predicted molar refractivity (Wildman–Crippen MR) is 71.0 cm³/mol. The summed E-state index contributed by atoms with van der Waals surface area (Å²) in [5.41, 5.74) is 0.420. The molecule has 2 N–H and O–H groups in total. The number of nitrogens with zero attached hydrogens (tertiary/aromatic N) is 1. The molecule has 1 aromatic heterocycles. The Kier molecular flexibility index (Phi) is 4.37. The molecule has 0 spiro atoms. The Morgan fingerprint density at radius 3 is 2.63 bits per heavy atom. The van der Waals surface area contributed by atoms with Crippen molar-refractivity contribution >= 4 is 29.2 Å². The van der Waals surface area contributed by atoms with Gasteiger partial charge in [0.05, 0.1) is 28.7 Å². The minimum absolute atomic E-state index is 0.290. The largest absolute Gasteiger partial charge is 0.481 e. The normalized spacial score (nSPS) is 22.8. The lowest BCUT2D eigenvalue weighted by molar-refractivity contribution is -0.147. The molecule has 1 fully saturated rings. The number of carboxylic acids is 1. The van der Waals surface area contributed by atoms with Crippen molar-refractivity contribution in [3.05, 3.63) is 23.5 Å². The summed E-state index contributed by atoms with van der Waals surface area (Å²) in [6, 6.07) is 1.58. The number of amides is 1. The van der Waals surface area contributed by atoms with Crippen LogP contribution in [0.25, 0.3) is 0 Å². The van der Waals surface area contributed by atoms with Crippen molar-refractivity contribution in [2.24, 2.45) is 11.8 Å². The van der Waals surface area contributed by atoms with Crippen molar-refractivity contribution in [1.82, 2.24) is 4.98 Å². The molecule has 1 aliphatic rings. The van der Waals surface area contributed by atoms with Gasteiger partial charge in [-0.3, -0.25) is 14.6 Å². The Hall–Kier alpha value is -1.62. The molecule has 0 aromatic carbocycles. The van der Waals surface area contributed by atoms with Gasteiger partial charge in [0, 0.05) is 6.20 Å². The van der Waals surface area contributed by atoms with Gasteiger partial charge in [0.1, 0.15) is 0 Å². The molecule has 1 saturated carbocycles. The molecule has 2 rings (SSSR count). The van der Waals surface area contributed by atoms with Crippen LogP contribution in [0.4, 0.5) is 5.69 Å². The number of pyridine rings is 1. The summed E-state index contributed by atoms with van der Waals surface area (Å²) < 4.78 is 0. The fraction of sp³-hybridized carbons (Fsp3) is 0.462. The lowest BCUT2D eigenvalue weighted by Gasteiger charge is -2.27. The number of carbonyl (C=O) groups excluding carboxylic acids is 1. The van der Waals surface area contributed by atoms with Crippen LogP contribution in [0.15, 0.2) is 18.5 Å². The third-order valence-corrected chi connectivity index (χ3v) is 3.78. The number of halogens is 1. The molecule has 1 heterocycles. The SMILES string of the molecule is O=C(O)C1CCCCC1C(=O)Nc1cnccc1Cl. The van der Waals surface area contributed by atoms with E-state index in [1.165, 1.54) is 12.4 Å². The van der Waals surface area contributed by atoms with Gasteiger partial charge < -0.3 is 10.4 Å². The lowest BCUT2D eigenvalue weighted by Crippen LogP contribution is -2.36. The Labute approximate surface area is 116 Å². The Balaban J connectivity index is 2.10. The molecule has 1 aliphatic carbocycles. The molecule has 102 valence electrons. The number of anilines is 1. The molecule has 2 atom stereocenters. The van der Waals surface area contributed by atoms with E-state index in [0.29, 0.717) is 23.6 Å². The second kappa shape index (κ2) is 6.02. The number of hydrogen-bond donors (Lipinski definition) is 2. The van der Waals surface area contributed by atoms with Crippen LogP contribution in [-0.2, 0) is 9.59 Å². The second-order valence-corrected chi connectivity index (χ2v) is 5.09. The van der Waals surface area contributed by atoms with E-state index in [-0.39, 0.29) is 5.91 Å². The quantitative estimate of drug-likeness (QED) is 0.893. The fourth-order valence-corrected chi connectivity index (χ4v) is 2.59. The Morgan fingerprint density at radius 2 is 2.00 bits per heavy atom. The van der Waals surface area contributed by atoms with E-state index in [9.17, 15) is 9.59 Å². The maximum atomic E-state index is 12.2. The number of nitrogens with one attached hydrogen (secondary N) is 1. The molecule has 2 unspecified atom stereocenters. The first-order valence-electron chi connectivity index (χ1n) is 6.23. The van der Waals surface area contributed by atoms with Gasteiger partial charge in [0.25, 0.3) is 0 Å². The van der Waals surface area contributed by atoms with Gasteiger partial charge in [0.2, 0.25) is 5.91 Å². The summed E-state index contributed by atoms with van der Waals surface area (Å²) in [5.74, 6) is -2.30. The van der Waals surface area contributed by atoms with E-state index in [1.807, 2.05) is 0 Å². The van der Waals surface area contributed by atoms with Crippen LogP contribution in [0, 0.1) is 11.8 Å². The van der Waals surface area contributed by atoms with Crippen molar-refractivity contribution in [3.8, 4) is 0 Å². The molecule has 6 heteroatoms. The highest BCUT2D eigenvalue weighted by Crippen LogP contribution is 2.32. The van der Waals surface area contributed by atoms with Gasteiger partial charge in [-0.2, -0.15) is 0 Å². The fourth-order valence-electron chi connectivity index (χ4n) is 2.44. The van der Waals surface area contributed by atoms with Crippen LogP contribution >= 0.6 is 11.6 Å². The third-order valence-electron chi connectivity index (χ3n) is 3.45. The molecular weight excluding hydrogens is 268 g/mol. The van der Waals surface area contributed by atoms with Crippen molar-refractivity contribution in [1.29, 1.82) is 0 Å². The number of rotatable bonds is 3. The van der Waals surface area contributed by atoms with Crippen LogP contribution < -0.4 is 5.32 Å². The number of aromatic nitrogens is 1. The number of carbonyl (C=O) groups is 2. The highest BCUT2D eigenvalue weighted by atomic mass is 35.5. The summed E-state index contributed by atoms with van der Waals surface area (Å²) >= 11 is 5.94. The minimum atomic E-state index is -0.905. The monoisotopic (exact) mass is 282 g/mol. The standard InChI is InChI=1S/C13H15ClN2O3/c14-10-5-6-15-7-11(10)16-12(17)8-3-1-2-4-9(8)13(18)19/h5-9H,1-4H2,(H,16,17)(H,18,19). The van der Waals surface area contributed by atoms with Crippen molar-refractivity contribution in [2.75, 3.05) is 5.32 Å². The number of aliphatic carboxylic acids is 1. The number of carboxylic acid groups (broad SMARTS) is 1. The summed E-state index contributed by atoms with van der Waals surface area (Å²) in [7, 11) is 0.